The predicted molar refractivity (Wildman–Crippen MR) is 83.4 cm³/mol. The lowest BCUT2D eigenvalue weighted by Crippen LogP contribution is -2.63. The zero-order valence-corrected chi connectivity index (χ0v) is 14.5. The summed E-state index contributed by atoms with van der Waals surface area (Å²) in [6.07, 6.45) is 1.82. The third-order valence-electron chi connectivity index (χ3n) is 4.06. The second-order valence-corrected chi connectivity index (χ2v) is 7.59. The van der Waals surface area contributed by atoms with E-state index < -0.39 is 6.04 Å². The molecule has 2 aliphatic heterocycles. The number of carbonyl (C=O) groups is 2. The van der Waals surface area contributed by atoms with Crippen LogP contribution in [0.5, 0.6) is 0 Å². The minimum absolute atomic E-state index is 0.177. The summed E-state index contributed by atoms with van der Waals surface area (Å²) in [5, 5.41) is 0. The van der Waals surface area contributed by atoms with Crippen LogP contribution < -0.4 is 4.57 Å². The Morgan fingerprint density at radius 1 is 1.35 bits per heavy atom. The number of oxazole rings is 1. The molecule has 2 aliphatic rings. The molecule has 1 fully saturated rings. The largest absolute Gasteiger partial charge is 0.506 e. The summed E-state index contributed by atoms with van der Waals surface area (Å²) in [5.41, 5.74) is -0.177. The fourth-order valence-corrected chi connectivity index (χ4v) is 2.80. The Balaban J connectivity index is 2.04. The van der Waals surface area contributed by atoms with Crippen molar-refractivity contribution >= 4 is 23.8 Å². The molecule has 1 aromatic heterocycles. The highest BCUT2D eigenvalue weighted by molar-refractivity contribution is 6.18. The third-order valence-corrected chi connectivity index (χ3v) is 4.06. The molecule has 0 bridgehead atoms. The first-order valence-corrected chi connectivity index (χ1v) is 7.84. The van der Waals surface area contributed by atoms with Crippen molar-refractivity contribution in [2.24, 2.45) is 10.9 Å². The third kappa shape index (κ3) is 2.34. The number of likely N-dealkylation sites (N-methyl/N-ethyl adjacent to an activating group) is 1. The highest BCUT2D eigenvalue weighted by atomic mass is 16.4. The summed E-state index contributed by atoms with van der Waals surface area (Å²) >= 11 is 0. The van der Waals surface area contributed by atoms with Gasteiger partial charge in [-0.2, -0.15) is 4.57 Å². The summed E-state index contributed by atoms with van der Waals surface area (Å²) in [4.78, 5) is 32.4. The first-order valence-electron chi connectivity index (χ1n) is 7.84. The SMILES string of the molecule is CC(C)CN1C(=O)C2C(=Nc3oc(C(C)(C)C)c[n+]32)N(C)C1=O. The number of aliphatic imine (C=N–C) groups is 1. The van der Waals surface area contributed by atoms with Gasteiger partial charge < -0.3 is 4.42 Å². The number of amides is 3. The average Bonchev–Trinajstić information content (AvgIpc) is 2.97. The van der Waals surface area contributed by atoms with Crippen LogP contribution in [0.3, 0.4) is 0 Å². The first-order chi connectivity index (χ1) is 10.6. The van der Waals surface area contributed by atoms with E-state index in [-0.39, 0.29) is 23.3 Å². The van der Waals surface area contributed by atoms with Gasteiger partial charge in [-0.25, -0.2) is 4.79 Å². The van der Waals surface area contributed by atoms with E-state index in [1.807, 2.05) is 40.8 Å². The lowest BCUT2D eigenvalue weighted by molar-refractivity contribution is -0.679. The minimum Gasteiger partial charge on any atom is -0.389 e. The maximum absolute atomic E-state index is 12.9. The van der Waals surface area contributed by atoms with Gasteiger partial charge in [0, 0.05) is 24.0 Å². The van der Waals surface area contributed by atoms with Crippen molar-refractivity contribution in [3.8, 4) is 0 Å². The normalized spacial score (nSPS) is 21.0. The summed E-state index contributed by atoms with van der Waals surface area (Å²) in [6, 6.07) is -0.582. The number of amidine groups is 1. The lowest BCUT2D eigenvalue weighted by atomic mass is 9.94. The molecule has 0 N–H and O–H groups in total. The van der Waals surface area contributed by atoms with Crippen LogP contribution in [-0.2, 0) is 10.2 Å². The van der Waals surface area contributed by atoms with Gasteiger partial charge in [-0.1, -0.05) is 34.6 Å². The highest BCUT2D eigenvalue weighted by Crippen LogP contribution is 2.32. The molecule has 23 heavy (non-hydrogen) atoms. The summed E-state index contributed by atoms with van der Waals surface area (Å²) in [5.74, 6) is 1.15. The van der Waals surface area contributed by atoms with Crippen LogP contribution in [0.2, 0.25) is 0 Å². The van der Waals surface area contributed by atoms with E-state index in [1.165, 1.54) is 9.80 Å². The van der Waals surface area contributed by atoms with Crippen LogP contribution in [0.1, 0.15) is 46.4 Å². The Labute approximate surface area is 135 Å². The van der Waals surface area contributed by atoms with Crippen molar-refractivity contribution in [2.45, 2.75) is 46.1 Å². The molecule has 1 atom stereocenters. The number of fused-ring (bicyclic) bond motifs is 3. The van der Waals surface area contributed by atoms with Crippen LogP contribution in [-0.4, -0.2) is 41.2 Å². The van der Waals surface area contributed by atoms with Crippen molar-refractivity contribution in [3.63, 3.8) is 0 Å². The summed E-state index contributed by atoms with van der Waals surface area (Å²) in [7, 11) is 1.64. The topological polar surface area (TPSA) is 70.0 Å². The molecule has 7 nitrogen and oxygen atoms in total. The van der Waals surface area contributed by atoms with E-state index in [1.54, 1.807) is 11.6 Å². The number of rotatable bonds is 2. The van der Waals surface area contributed by atoms with Crippen LogP contribution >= 0.6 is 0 Å². The summed E-state index contributed by atoms with van der Waals surface area (Å²) in [6.45, 7) is 10.5. The molecule has 1 aromatic rings. The van der Waals surface area contributed by atoms with E-state index in [0.29, 0.717) is 18.4 Å². The predicted octanol–water partition coefficient (Wildman–Crippen LogP) is 2.00. The Morgan fingerprint density at radius 2 is 2.00 bits per heavy atom. The molecule has 124 valence electrons. The fraction of sp³-hybridized carbons (Fsp3) is 0.625. The zero-order valence-electron chi connectivity index (χ0n) is 14.5. The first kappa shape index (κ1) is 15.7. The molecule has 0 aromatic carbocycles. The molecule has 1 saturated heterocycles. The number of hydrogen-bond acceptors (Lipinski definition) is 4. The molecule has 7 heteroatoms. The molecule has 1 unspecified atom stereocenters. The van der Waals surface area contributed by atoms with Crippen molar-refractivity contribution in [1.82, 2.24) is 9.80 Å². The quantitative estimate of drug-likeness (QED) is 0.783. The Kier molecular flexibility index (Phi) is 3.35. The van der Waals surface area contributed by atoms with Crippen molar-refractivity contribution in [1.29, 1.82) is 0 Å². The van der Waals surface area contributed by atoms with E-state index in [4.69, 9.17) is 4.42 Å². The number of urea groups is 1. The van der Waals surface area contributed by atoms with Gasteiger partial charge in [0.15, 0.2) is 5.76 Å². The smallest absolute Gasteiger partial charge is 0.389 e. The van der Waals surface area contributed by atoms with Gasteiger partial charge in [0.2, 0.25) is 0 Å². The van der Waals surface area contributed by atoms with Gasteiger partial charge in [-0.15, -0.1) is 0 Å². The van der Waals surface area contributed by atoms with E-state index >= 15 is 0 Å². The molecule has 0 spiro atoms. The minimum atomic E-state index is -0.619. The van der Waals surface area contributed by atoms with Gasteiger partial charge in [-0.05, 0) is 5.92 Å². The number of imide groups is 1. The maximum Gasteiger partial charge on any atom is 0.506 e. The number of carbonyl (C=O) groups excluding carboxylic acids is 2. The van der Waals surface area contributed by atoms with Gasteiger partial charge >= 0.3 is 12.0 Å². The average molecular weight is 319 g/mol. The Bertz CT molecular complexity index is 711. The van der Waals surface area contributed by atoms with Crippen LogP contribution in [0.15, 0.2) is 15.6 Å². The fourth-order valence-electron chi connectivity index (χ4n) is 2.80. The monoisotopic (exact) mass is 319 g/mol. The Hall–Kier alpha value is -2.18. The van der Waals surface area contributed by atoms with E-state index in [2.05, 4.69) is 4.99 Å². The molecular formula is C16H23N4O3+. The standard InChI is InChI=1S/C16H23N4O3/c1-9(2)7-20-13(21)11-12(18(6)15(20)22)17-14-19(11)8-10(23-14)16(3,4)5/h8-9,11H,7H2,1-6H3/q+1. The van der Waals surface area contributed by atoms with Crippen molar-refractivity contribution < 1.29 is 18.6 Å². The number of nitrogens with zero attached hydrogens (tertiary/aromatic N) is 4. The van der Waals surface area contributed by atoms with E-state index in [9.17, 15) is 9.59 Å². The highest BCUT2D eigenvalue weighted by Gasteiger charge is 2.55. The molecule has 3 rings (SSSR count). The molecular weight excluding hydrogens is 296 g/mol. The molecule has 3 amide bonds. The van der Waals surface area contributed by atoms with Gasteiger partial charge in [0.25, 0.3) is 17.8 Å². The van der Waals surface area contributed by atoms with Crippen molar-refractivity contribution in [3.05, 3.63) is 12.0 Å². The molecule has 3 heterocycles. The number of hydrogen-bond donors (Lipinski definition) is 0. The summed E-state index contributed by atoms with van der Waals surface area (Å²) < 4.78 is 7.53. The molecule has 0 radical (unpaired) electrons. The zero-order chi connectivity index (χ0) is 17.1. The van der Waals surface area contributed by atoms with Gasteiger partial charge in [0.1, 0.15) is 6.20 Å². The van der Waals surface area contributed by atoms with Gasteiger partial charge in [0.05, 0.1) is 0 Å². The Morgan fingerprint density at radius 3 is 2.57 bits per heavy atom. The second kappa shape index (κ2) is 4.91. The number of aromatic nitrogens is 1. The van der Waals surface area contributed by atoms with Crippen molar-refractivity contribution in [2.75, 3.05) is 13.6 Å². The van der Waals surface area contributed by atoms with Gasteiger partial charge in [-0.3, -0.25) is 14.6 Å². The maximum atomic E-state index is 12.9. The molecule has 0 saturated carbocycles. The second-order valence-electron chi connectivity index (χ2n) is 7.59. The van der Waals surface area contributed by atoms with Crippen LogP contribution in [0.25, 0.3) is 0 Å². The van der Waals surface area contributed by atoms with Crippen LogP contribution in [0.4, 0.5) is 10.8 Å². The lowest BCUT2D eigenvalue weighted by Gasteiger charge is -2.32. The molecule has 0 aliphatic carbocycles. The van der Waals surface area contributed by atoms with Crippen LogP contribution in [0, 0.1) is 5.92 Å². The van der Waals surface area contributed by atoms with E-state index in [0.717, 1.165) is 5.76 Å².